The smallest absolute Gasteiger partial charge is 0.140 e. The number of fused-ring (bicyclic) bond motifs is 2. The Bertz CT molecular complexity index is 460. The minimum atomic E-state index is 0.407. The molecular formula is C15H26N4. The number of rotatable bonds is 4. The van der Waals surface area contributed by atoms with E-state index in [4.69, 9.17) is 0 Å². The van der Waals surface area contributed by atoms with Crippen LogP contribution in [0.15, 0.2) is 6.33 Å². The minimum Gasteiger partial charge on any atom is -0.306 e. The Kier molecular flexibility index (Phi) is 2.97. The van der Waals surface area contributed by atoms with Crippen LogP contribution in [0.4, 0.5) is 0 Å². The van der Waals surface area contributed by atoms with Crippen molar-refractivity contribution in [1.82, 2.24) is 20.1 Å². The molecule has 2 fully saturated rings. The number of aromatic nitrogens is 3. The molecular weight excluding hydrogens is 236 g/mol. The van der Waals surface area contributed by atoms with Gasteiger partial charge < -0.3 is 5.32 Å². The fraction of sp³-hybridized carbons (Fsp3) is 0.867. The molecule has 3 unspecified atom stereocenters. The second kappa shape index (κ2) is 4.30. The maximum absolute atomic E-state index is 4.37. The maximum atomic E-state index is 4.37. The second-order valence-corrected chi connectivity index (χ2v) is 7.22. The van der Waals surface area contributed by atoms with Crippen molar-refractivity contribution < 1.29 is 0 Å². The van der Waals surface area contributed by atoms with E-state index >= 15 is 0 Å². The molecule has 19 heavy (non-hydrogen) atoms. The number of nitrogens with one attached hydrogen (secondary N) is 1. The van der Waals surface area contributed by atoms with E-state index in [1.807, 2.05) is 4.68 Å². The van der Waals surface area contributed by atoms with Gasteiger partial charge in [0.2, 0.25) is 0 Å². The summed E-state index contributed by atoms with van der Waals surface area (Å²) in [6.45, 7) is 11.2. The molecule has 0 spiro atoms. The minimum absolute atomic E-state index is 0.407. The van der Waals surface area contributed by atoms with Gasteiger partial charge in [-0.2, -0.15) is 5.10 Å². The van der Waals surface area contributed by atoms with Crippen molar-refractivity contribution in [1.29, 1.82) is 0 Å². The van der Waals surface area contributed by atoms with E-state index in [1.54, 1.807) is 6.33 Å². The molecule has 0 radical (unpaired) electrons. The van der Waals surface area contributed by atoms with Crippen molar-refractivity contribution in [3.63, 3.8) is 0 Å². The Morgan fingerprint density at radius 2 is 2.21 bits per heavy atom. The van der Waals surface area contributed by atoms with Crippen LogP contribution in [0.3, 0.4) is 0 Å². The summed E-state index contributed by atoms with van der Waals surface area (Å²) in [5.74, 6) is 1.95. The Labute approximate surface area is 116 Å². The summed E-state index contributed by atoms with van der Waals surface area (Å²) in [5.41, 5.74) is 0.884. The van der Waals surface area contributed by atoms with Crippen LogP contribution in [0.5, 0.6) is 0 Å². The Morgan fingerprint density at radius 1 is 1.42 bits per heavy atom. The quantitative estimate of drug-likeness (QED) is 0.907. The van der Waals surface area contributed by atoms with E-state index in [0.717, 1.165) is 24.8 Å². The van der Waals surface area contributed by atoms with Gasteiger partial charge in [0, 0.05) is 12.6 Å². The molecule has 2 saturated carbocycles. The van der Waals surface area contributed by atoms with Crippen molar-refractivity contribution in [3.8, 4) is 0 Å². The number of hydrogen-bond acceptors (Lipinski definition) is 3. The maximum Gasteiger partial charge on any atom is 0.140 e. The summed E-state index contributed by atoms with van der Waals surface area (Å²) < 4.78 is 1.98. The Morgan fingerprint density at radius 3 is 2.84 bits per heavy atom. The predicted molar refractivity (Wildman–Crippen MR) is 75.6 cm³/mol. The van der Waals surface area contributed by atoms with Crippen molar-refractivity contribution in [2.75, 3.05) is 0 Å². The molecule has 1 aromatic heterocycles. The Balaban J connectivity index is 1.73. The lowest BCUT2D eigenvalue weighted by atomic mass is 9.68. The summed E-state index contributed by atoms with van der Waals surface area (Å²) in [7, 11) is 0. The number of aryl methyl sites for hydroxylation is 1. The Hall–Kier alpha value is -0.900. The van der Waals surface area contributed by atoms with Crippen LogP contribution in [0.2, 0.25) is 0 Å². The highest BCUT2D eigenvalue weighted by Gasteiger charge is 2.58. The summed E-state index contributed by atoms with van der Waals surface area (Å²) in [5, 5.41) is 8.04. The van der Waals surface area contributed by atoms with Gasteiger partial charge in [-0.1, -0.05) is 20.8 Å². The predicted octanol–water partition coefficient (Wildman–Crippen LogP) is 2.60. The summed E-state index contributed by atoms with van der Waals surface area (Å²) in [4.78, 5) is 4.37. The third-order valence-electron chi connectivity index (χ3n) is 5.73. The standard InChI is InChI=1S/C15H26N4/c1-5-19-12(17-10-18-19)9-16-13-14(2,3)11-6-7-15(13,4)8-11/h10-11,13,16H,5-9H2,1-4H3. The summed E-state index contributed by atoms with van der Waals surface area (Å²) >= 11 is 0. The lowest BCUT2D eigenvalue weighted by Crippen LogP contribution is -2.50. The van der Waals surface area contributed by atoms with Gasteiger partial charge in [0.1, 0.15) is 12.2 Å². The van der Waals surface area contributed by atoms with E-state index in [1.165, 1.54) is 19.3 Å². The molecule has 0 aromatic carbocycles. The van der Waals surface area contributed by atoms with Gasteiger partial charge in [-0.05, 0) is 42.9 Å². The molecule has 4 heteroatoms. The molecule has 1 N–H and O–H groups in total. The van der Waals surface area contributed by atoms with Gasteiger partial charge in [0.05, 0.1) is 6.54 Å². The molecule has 0 saturated heterocycles. The van der Waals surface area contributed by atoms with Crippen LogP contribution >= 0.6 is 0 Å². The zero-order chi connectivity index (χ0) is 13.7. The fourth-order valence-electron chi connectivity index (χ4n) is 4.69. The zero-order valence-corrected chi connectivity index (χ0v) is 12.6. The molecule has 2 aliphatic carbocycles. The van der Waals surface area contributed by atoms with Gasteiger partial charge in [-0.25, -0.2) is 9.67 Å². The van der Waals surface area contributed by atoms with E-state index in [-0.39, 0.29) is 0 Å². The molecule has 1 heterocycles. The van der Waals surface area contributed by atoms with Gasteiger partial charge in [-0.15, -0.1) is 0 Å². The van der Waals surface area contributed by atoms with Crippen LogP contribution in [0.25, 0.3) is 0 Å². The first-order chi connectivity index (χ1) is 8.97. The molecule has 3 atom stereocenters. The lowest BCUT2D eigenvalue weighted by molar-refractivity contribution is 0.107. The SMILES string of the molecule is CCn1ncnc1CNC1C2(C)CCC(C2)C1(C)C. The molecule has 0 amide bonds. The largest absolute Gasteiger partial charge is 0.306 e. The third kappa shape index (κ3) is 1.92. The van der Waals surface area contributed by atoms with E-state index < -0.39 is 0 Å². The van der Waals surface area contributed by atoms with Crippen molar-refractivity contribution in [3.05, 3.63) is 12.2 Å². The van der Waals surface area contributed by atoms with E-state index in [0.29, 0.717) is 16.9 Å². The van der Waals surface area contributed by atoms with Crippen LogP contribution in [-0.2, 0) is 13.1 Å². The normalized spacial score (nSPS) is 36.0. The third-order valence-corrected chi connectivity index (χ3v) is 5.73. The van der Waals surface area contributed by atoms with Gasteiger partial charge >= 0.3 is 0 Å². The summed E-state index contributed by atoms with van der Waals surface area (Å²) in [6, 6.07) is 0.598. The highest BCUT2D eigenvalue weighted by atomic mass is 15.3. The van der Waals surface area contributed by atoms with E-state index in [2.05, 4.69) is 43.1 Å². The first kappa shape index (κ1) is 13.1. The highest BCUT2D eigenvalue weighted by Crippen LogP contribution is 2.62. The first-order valence-electron chi connectivity index (χ1n) is 7.57. The number of hydrogen-bond donors (Lipinski definition) is 1. The zero-order valence-electron chi connectivity index (χ0n) is 12.6. The van der Waals surface area contributed by atoms with Crippen LogP contribution in [-0.4, -0.2) is 20.8 Å². The van der Waals surface area contributed by atoms with Gasteiger partial charge in [0.15, 0.2) is 0 Å². The van der Waals surface area contributed by atoms with Crippen LogP contribution in [0.1, 0.15) is 52.8 Å². The van der Waals surface area contributed by atoms with Gasteiger partial charge in [-0.3, -0.25) is 0 Å². The fourth-order valence-corrected chi connectivity index (χ4v) is 4.69. The molecule has 2 aliphatic rings. The highest BCUT2D eigenvalue weighted by molar-refractivity contribution is 5.12. The molecule has 1 aromatic rings. The van der Waals surface area contributed by atoms with Crippen molar-refractivity contribution in [2.45, 2.75) is 66.1 Å². The molecule has 3 rings (SSSR count). The van der Waals surface area contributed by atoms with Crippen LogP contribution < -0.4 is 5.32 Å². The van der Waals surface area contributed by atoms with Crippen molar-refractivity contribution in [2.24, 2.45) is 16.7 Å². The van der Waals surface area contributed by atoms with Gasteiger partial charge in [0.25, 0.3) is 0 Å². The van der Waals surface area contributed by atoms with Crippen molar-refractivity contribution >= 4 is 0 Å². The number of nitrogens with zero attached hydrogens (tertiary/aromatic N) is 3. The summed E-state index contributed by atoms with van der Waals surface area (Å²) in [6.07, 6.45) is 5.83. The average Bonchev–Trinajstić information content (AvgIpc) is 2.99. The average molecular weight is 262 g/mol. The second-order valence-electron chi connectivity index (χ2n) is 7.22. The monoisotopic (exact) mass is 262 g/mol. The molecule has 106 valence electrons. The molecule has 0 aliphatic heterocycles. The molecule has 4 nitrogen and oxygen atoms in total. The van der Waals surface area contributed by atoms with E-state index in [9.17, 15) is 0 Å². The first-order valence-corrected chi connectivity index (χ1v) is 7.57. The topological polar surface area (TPSA) is 42.7 Å². The molecule has 2 bridgehead atoms. The van der Waals surface area contributed by atoms with Crippen LogP contribution in [0, 0.1) is 16.7 Å². The lowest BCUT2D eigenvalue weighted by Gasteiger charge is -2.43.